The molecule has 0 amide bonds. The number of carbonyl (C=O) groups excluding carboxylic acids is 3. The summed E-state index contributed by atoms with van der Waals surface area (Å²) in [7, 11) is 0. The fourth-order valence-electron chi connectivity index (χ4n) is 8.11. The van der Waals surface area contributed by atoms with Crippen molar-refractivity contribution < 1.29 is 19.1 Å². The monoisotopic (exact) mass is 500 g/mol. The molecule has 0 aromatic rings. The largest absolute Gasteiger partial charge is 0.461 e. The van der Waals surface area contributed by atoms with Gasteiger partial charge < -0.3 is 4.74 Å². The Hall–Kier alpha value is -0.460. The van der Waals surface area contributed by atoms with Gasteiger partial charge in [0.2, 0.25) is 0 Å². The summed E-state index contributed by atoms with van der Waals surface area (Å²) in [6.07, 6.45) is 7.30. The predicted octanol–water partition coefficient (Wildman–Crippen LogP) is 4.76. The lowest BCUT2D eigenvalue weighted by Gasteiger charge is -2.62. The molecule has 4 fully saturated rings. The lowest BCUT2D eigenvalue weighted by Crippen LogP contribution is -2.60. The van der Waals surface area contributed by atoms with E-state index in [1.165, 1.54) is 0 Å². The lowest BCUT2D eigenvalue weighted by molar-refractivity contribution is -0.193. The first kappa shape index (κ1) is 20.8. The maximum atomic E-state index is 12.4. The second-order valence-corrected chi connectivity index (χ2v) is 11.2. The molecule has 0 bridgehead atoms. The highest BCUT2D eigenvalue weighted by atomic mass is 127. The average molecular weight is 500 g/mol. The molecule has 4 rings (SSSR count). The molecule has 0 N–H and O–H groups in total. The van der Waals surface area contributed by atoms with Crippen LogP contribution in [0.4, 0.5) is 0 Å². The molecule has 0 heterocycles. The van der Waals surface area contributed by atoms with Gasteiger partial charge in [-0.15, -0.1) is 0 Å². The summed E-state index contributed by atoms with van der Waals surface area (Å²) in [6.45, 7) is 6.39. The quantitative estimate of drug-likeness (QED) is 0.319. The molecule has 28 heavy (non-hydrogen) atoms. The highest BCUT2D eigenvalue weighted by Crippen LogP contribution is 2.67. The second-order valence-electron chi connectivity index (χ2n) is 10.4. The third kappa shape index (κ3) is 3.09. The van der Waals surface area contributed by atoms with E-state index < -0.39 is 0 Å². The highest BCUT2D eigenvalue weighted by Gasteiger charge is 2.64. The molecule has 5 heteroatoms. The first-order valence-electron chi connectivity index (χ1n) is 11.0. The number of alkyl halides is 1. The van der Waals surface area contributed by atoms with Crippen molar-refractivity contribution in [2.45, 2.75) is 78.2 Å². The van der Waals surface area contributed by atoms with Crippen molar-refractivity contribution in [2.75, 3.05) is 4.43 Å². The Labute approximate surface area is 182 Å². The van der Waals surface area contributed by atoms with Crippen molar-refractivity contribution >= 4 is 40.1 Å². The van der Waals surface area contributed by atoms with E-state index in [1.807, 2.05) is 0 Å². The van der Waals surface area contributed by atoms with Gasteiger partial charge >= 0.3 is 5.97 Å². The smallest absolute Gasteiger partial charge is 0.316 e. The van der Waals surface area contributed by atoms with Gasteiger partial charge in [-0.25, -0.2) is 0 Å². The van der Waals surface area contributed by atoms with Crippen molar-refractivity contribution in [1.29, 1.82) is 0 Å². The highest BCUT2D eigenvalue weighted by molar-refractivity contribution is 14.1. The van der Waals surface area contributed by atoms with Crippen LogP contribution in [0.5, 0.6) is 0 Å². The van der Waals surface area contributed by atoms with Crippen LogP contribution >= 0.6 is 22.6 Å². The molecular formula is C23H33IO4. The lowest BCUT2D eigenvalue weighted by atomic mass is 9.44. The Kier molecular flexibility index (Phi) is 5.46. The molecule has 4 aliphatic carbocycles. The van der Waals surface area contributed by atoms with Gasteiger partial charge in [-0.2, -0.15) is 0 Å². The van der Waals surface area contributed by atoms with E-state index in [0.29, 0.717) is 52.5 Å². The molecule has 2 unspecified atom stereocenters. The summed E-state index contributed by atoms with van der Waals surface area (Å²) in [4.78, 5) is 36.9. The number of ether oxygens (including phenoxy) is 1. The van der Waals surface area contributed by atoms with Crippen LogP contribution in [0.25, 0.3) is 0 Å². The summed E-state index contributed by atoms with van der Waals surface area (Å²) >= 11 is 2.08. The van der Waals surface area contributed by atoms with Crippen LogP contribution < -0.4 is 0 Å². The Morgan fingerprint density at radius 3 is 2.57 bits per heavy atom. The fourth-order valence-corrected chi connectivity index (χ4v) is 8.29. The van der Waals surface area contributed by atoms with Crippen molar-refractivity contribution in [3.63, 3.8) is 0 Å². The van der Waals surface area contributed by atoms with Crippen molar-refractivity contribution in [3.05, 3.63) is 0 Å². The molecule has 4 saturated carbocycles. The van der Waals surface area contributed by atoms with E-state index in [1.54, 1.807) is 6.92 Å². The van der Waals surface area contributed by atoms with Gasteiger partial charge in [-0.3, -0.25) is 14.4 Å². The molecule has 156 valence electrons. The maximum absolute atomic E-state index is 12.4. The maximum Gasteiger partial charge on any atom is 0.316 e. The zero-order valence-electron chi connectivity index (χ0n) is 17.3. The van der Waals surface area contributed by atoms with E-state index in [4.69, 9.17) is 4.74 Å². The molecule has 4 aliphatic rings. The van der Waals surface area contributed by atoms with Crippen LogP contribution in [0, 0.1) is 40.4 Å². The predicted molar refractivity (Wildman–Crippen MR) is 115 cm³/mol. The summed E-state index contributed by atoms with van der Waals surface area (Å²) in [6, 6.07) is 0. The summed E-state index contributed by atoms with van der Waals surface area (Å²) in [5.74, 6) is 2.45. The molecule has 0 aliphatic heterocycles. The number of carbonyl (C=O) groups is 3. The van der Waals surface area contributed by atoms with E-state index in [9.17, 15) is 14.4 Å². The molecule has 0 spiro atoms. The zero-order valence-corrected chi connectivity index (χ0v) is 19.5. The number of Topliss-reactive ketones (excluding diaryl/α,β-unsaturated/α-hetero) is 2. The number of fused-ring (bicyclic) bond motifs is 5. The third-order valence-electron chi connectivity index (χ3n) is 9.27. The van der Waals surface area contributed by atoms with Crippen LogP contribution in [0.3, 0.4) is 0 Å². The first-order chi connectivity index (χ1) is 13.2. The molecule has 0 aromatic heterocycles. The zero-order chi connectivity index (χ0) is 20.3. The normalized spacial score (nSPS) is 47.6. The molecule has 0 aromatic carbocycles. The number of ketones is 2. The van der Waals surface area contributed by atoms with Gasteiger partial charge in [-0.05, 0) is 74.0 Å². The van der Waals surface area contributed by atoms with E-state index in [-0.39, 0.29) is 28.8 Å². The van der Waals surface area contributed by atoms with Crippen molar-refractivity contribution in [2.24, 2.45) is 40.4 Å². The standard InChI is InChI=1S/C23H33IO4/c1-13(25)17-6-7-18-16-5-4-14-10-15(26)8-9-22(14,2)21(16)19(11-23(17,18)3)28-20(27)12-24/h14,16-19,21H,4-12H2,1-3H3/t14?,16-,17+,18-,19?,21+,22-,23+/m0/s1. The van der Waals surface area contributed by atoms with Gasteiger partial charge in [-0.1, -0.05) is 36.4 Å². The molecule has 0 saturated heterocycles. The van der Waals surface area contributed by atoms with Crippen molar-refractivity contribution in [3.8, 4) is 0 Å². The third-order valence-corrected chi connectivity index (χ3v) is 9.89. The average Bonchev–Trinajstić information content (AvgIpc) is 2.98. The van der Waals surface area contributed by atoms with Gasteiger partial charge in [0.05, 0.1) is 4.43 Å². The van der Waals surface area contributed by atoms with Crippen LogP contribution in [0.2, 0.25) is 0 Å². The molecule has 4 nitrogen and oxygen atoms in total. The van der Waals surface area contributed by atoms with E-state index in [2.05, 4.69) is 36.4 Å². The number of rotatable bonds is 3. The molecule has 8 atom stereocenters. The van der Waals surface area contributed by atoms with Gasteiger partial charge in [0.1, 0.15) is 17.7 Å². The summed E-state index contributed by atoms with van der Waals surface area (Å²) in [5, 5.41) is 0. The van der Waals surface area contributed by atoms with Gasteiger partial charge in [0.15, 0.2) is 0 Å². The topological polar surface area (TPSA) is 60.4 Å². The molecular weight excluding hydrogens is 467 g/mol. The minimum absolute atomic E-state index is 0.0586. The number of halogens is 1. The molecule has 0 radical (unpaired) electrons. The van der Waals surface area contributed by atoms with Crippen LogP contribution in [-0.2, 0) is 19.1 Å². The summed E-state index contributed by atoms with van der Waals surface area (Å²) in [5.41, 5.74) is 0.0135. The van der Waals surface area contributed by atoms with Gasteiger partial charge in [0.25, 0.3) is 0 Å². The minimum Gasteiger partial charge on any atom is -0.461 e. The van der Waals surface area contributed by atoms with E-state index >= 15 is 0 Å². The fraction of sp³-hybridized carbons (Fsp3) is 0.870. The van der Waals surface area contributed by atoms with E-state index in [0.717, 1.165) is 38.5 Å². The summed E-state index contributed by atoms with van der Waals surface area (Å²) < 4.78 is 6.47. The number of hydrogen-bond acceptors (Lipinski definition) is 4. The van der Waals surface area contributed by atoms with Crippen molar-refractivity contribution in [1.82, 2.24) is 0 Å². The first-order valence-corrected chi connectivity index (χ1v) is 12.5. The Morgan fingerprint density at radius 1 is 1.14 bits per heavy atom. The minimum atomic E-state index is -0.138. The van der Waals surface area contributed by atoms with Crippen LogP contribution in [0.1, 0.15) is 72.1 Å². The van der Waals surface area contributed by atoms with Crippen LogP contribution in [0.15, 0.2) is 0 Å². The number of esters is 1. The Morgan fingerprint density at radius 2 is 1.89 bits per heavy atom. The SMILES string of the molecule is CC(=O)[C@H]1CC[C@H]2[C@@H]3CCC4CC(=O)CC[C@]4(C)[C@H]3C(OC(=O)CI)C[C@]12C. The Bertz CT molecular complexity index is 690. The number of hydrogen-bond donors (Lipinski definition) is 0. The Balaban J connectivity index is 1.73. The van der Waals surface area contributed by atoms with Crippen LogP contribution in [-0.4, -0.2) is 28.1 Å². The van der Waals surface area contributed by atoms with Gasteiger partial charge in [0, 0.05) is 24.7 Å². The second kappa shape index (κ2) is 7.35.